The highest BCUT2D eigenvalue weighted by atomic mass is 16.3. The number of hydrogen-bond acceptors (Lipinski definition) is 2. The van der Waals surface area contributed by atoms with Crippen LogP contribution in [-0.4, -0.2) is 0 Å². The Labute approximate surface area is 99.5 Å². The molecule has 3 aromatic rings. The van der Waals surface area contributed by atoms with E-state index in [0.29, 0.717) is 0 Å². The van der Waals surface area contributed by atoms with Crippen molar-refractivity contribution in [1.82, 2.24) is 0 Å². The molecule has 17 heavy (non-hydrogen) atoms. The van der Waals surface area contributed by atoms with Crippen molar-refractivity contribution in [3.63, 3.8) is 0 Å². The molecule has 2 heterocycles. The maximum absolute atomic E-state index is 5.49. The van der Waals surface area contributed by atoms with Gasteiger partial charge in [0.25, 0.3) is 0 Å². The summed E-state index contributed by atoms with van der Waals surface area (Å²) in [6.45, 7) is 0. The molecule has 0 saturated heterocycles. The standard InChI is InChI=1S/C15H11O2/c1-2-6-12(7-3-1)15(13-8-4-10-16-13)14-9-5-11-17-14/h1-6,8-11,15H. The fourth-order valence-electron chi connectivity index (χ4n) is 1.94. The van der Waals surface area contributed by atoms with Crippen molar-refractivity contribution in [2.24, 2.45) is 0 Å². The van der Waals surface area contributed by atoms with E-state index in [9.17, 15) is 0 Å². The molecule has 0 aliphatic rings. The Hall–Kier alpha value is -2.22. The molecule has 0 fully saturated rings. The first-order chi connectivity index (χ1) is 8.45. The second kappa shape index (κ2) is 4.34. The topological polar surface area (TPSA) is 26.3 Å². The zero-order valence-corrected chi connectivity index (χ0v) is 9.17. The van der Waals surface area contributed by atoms with Crippen LogP contribution in [0.3, 0.4) is 0 Å². The minimum Gasteiger partial charge on any atom is -0.468 e. The third kappa shape index (κ3) is 1.89. The monoisotopic (exact) mass is 223 g/mol. The SMILES string of the molecule is [c]1ccccc1C(c1ccco1)c1ccco1. The molecule has 0 atom stereocenters. The van der Waals surface area contributed by atoms with Crippen LogP contribution in [0.1, 0.15) is 23.0 Å². The molecule has 3 rings (SSSR count). The van der Waals surface area contributed by atoms with Gasteiger partial charge in [-0.1, -0.05) is 24.3 Å². The summed E-state index contributed by atoms with van der Waals surface area (Å²) in [7, 11) is 0. The fraction of sp³-hybridized carbons (Fsp3) is 0.0667. The second-order valence-electron chi connectivity index (χ2n) is 3.78. The molecule has 1 radical (unpaired) electrons. The summed E-state index contributed by atoms with van der Waals surface area (Å²) in [6, 6.07) is 18.8. The first kappa shape index (κ1) is 9.97. The fourth-order valence-corrected chi connectivity index (χ4v) is 1.94. The van der Waals surface area contributed by atoms with Crippen molar-refractivity contribution >= 4 is 0 Å². The molecule has 0 saturated carbocycles. The molecule has 0 amide bonds. The largest absolute Gasteiger partial charge is 0.468 e. The Morgan fingerprint density at radius 1 is 0.824 bits per heavy atom. The second-order valence-corrected chi connectivity index (χ2v) is 3.78. The highest BCUT2D eigenvalue weighted by Crippen LogP contribution is 2.31. The Bertz CT molecular complexity index is 516. The van der Waals surface area contributed by atoms with E-state index in [1.54, 1.807) is 12.5 Å². The molecule has 2 aromatic heterocycles. The zero-order valence-electron chi connectivity index (χ0n) is 9.17. The highest BCUT2D eigenvalue weighted by molar-refractivity contribution is 5.34. The first-order valence-corrected chi connectivity index (χ1v) is 5.48. The van der Waals surface area contributed by atoms with Gasteiger partial charge in [-0.25, -0.2) is 0 Å². The number of benzene rings is 1. The molecule has 0 unspecified atom stereocenters. The van der Waals surface area contributed by atoms with Crippen LogP contribution >= 0.6 is 0 Å². The quantitative estimate of drug-likeness (QED) is 0.674. The van der Waals surface area contributed by atoms with Gasteiger partial charge in [0, 0.05) is 0 Å². The molecule has 0 spiro atoms. The van der Waals surface area contributed by atoms with E-state index in [1.807, 2.05) is 48.5 Å². The molecule has 1 aromatic carbocycles. The third-order valence-corrected chi connectivity index (χ3v) is 2.70. The van der Waals surface area contributed by atoms with Gasteiger partial charge in [-0.15, -0.1) is 0 Å². The van der Waals surface area contributed by atoms with Gasteiger partial charge in [-0.2, -0.15) is 0 Å². The summed E-state index contributed by atoms with van der Waals surface area (Å²) in [6.07, 6.45) is 3.35. The average Bonchev–Trinajstić information content (AvgIpc) is 3.04. The smallest absolute Gasteiger partial charge is 0.118 e. The summed E-state index contributed by atoms with van der Waals surface area (Å²) in [5.74, 6) is 1.70. The van der Waals surface area contributed by atoms with Crippen molar-refractivity contribution in [1.29, 1.82) is 0 Å². The van der Waals surface area contributed by atoms with Crippen molar-refractivity contribution in [2.75, 3.05) is 0 Å². The maximum Gasteiger partial charge on any atom is 0.118 e. The van der Waals surface area contributed by atoms with Crippen molar-refractivity contribution in [3.05, 3.63) is 84.2 Å². The van der Waals surface area contributed by atoms with E-state index >= 15 is 0 Å². The molecule has 2 nitrogen and oxygen atoms in total. The van der Waals surface area contributed by atoms with Crippen molar-refractivity contribution in [2.45, 2.75) is 5.92 Å². The van der Waals surface area contributed by atoms with Gasteiger partial charge < -0.3 is 8.83 Å². The normalized spacial score (nSPS) is 10.9. The van der Waals surface area contributed by atoms with Crippen LogP contribution in [0.4, 0.5) is 0 Å². The van der Waals surface area contributed by atoms with Crippen LogP contribution in [0.2, 0.25) is 0 Å². The van der Waals surface area contributed by atoms with E-state index in [1.165, 1.54) is 0 Å². The highest BCUT2D eigenvalue weighted by Gasteiger charge is 2.21. The lowest BCUT2D eigenvalue weighted by Gasteiger charge is -2.11. The Morgan fingerprint density at radius 3 is 2.00 bits per heavy atom. The van der Waals surface area contributed by atoms with E-state index in [4.69, 9.17) is 8.83 Å². The van der Waals surface area contributed by atoms with Gasteiger partial charge in [0.15, 0.2) is 0 Å². The summed E-state index contributed by atoms with van der Waals surface area (Å²) in [5.41, 5.74) is 1.04. The van der Waals surface area contributed by atoms with Crippen molar-refractivity contribution < 1.29 is 8.83 Å². The number of rotatable bonds is 3. The Kier molecular flexibility index (Phi) is 2.54. The van der Waals surface area contributed by atoms with Gasteiger partial charge in [-0.05, 0) is 35.9 Å². The molecule has 0 N–H and O–H groups in total. The molecular weight excluding hydrogens is 212 g/mol. The third-order valence-electron chi connectivity index (χ3n) is 2.70. The van der Waals surface area contributed by atoms with Gasteiger partial charge in [0.2, 0.25) is 0 Å². The number of furan rings is 2. The summed E-state index contributed by atoms with van der Waals surface area (Å²) < 4.78 is 11.0. The van der Waals surface area contributed by atoms with Crippen LogP contribution in [0.25, 0.3) is 0 Å². The van der Waals surface area contributed by atoms with Crippen LogP contribution in [0.5, 0.6) is 0 Å². The molecule has 83 valence electrons. The van der Waals surface area contributed by atoms with Crippen LogP contribution in [0, 0.1) is 6.07 Å². The lowest BCUT2D eigenvalue weighted by Crippen LogP contribution is -2.00. The lowest BCUT2D eigenvalue weighted by atomic mass is 9.94. The van der Waals surface area contributed by atoms with Gasteiger partial charge in [0.1, 0.15) is 17.4 Å². The van der Waals surface area contributed by atoms with Gasteiger partial charge >= 0.3 is 0 Å². The van der Waals surface area contributed by atoms with Crippen LogP contribution in [0.15, 0.2) is 69.9 Å². The molecule has 0 aliphatic heterocycles. The van der Waals surface area contributed by atoms with Crippen molar-refractivity contribution in [3.8, 4) is 0 Å². The van der Waals surface area contributed by atoms with E-state index in [0.717, 1.165) is 17.1 Å². The molecule has 2 heteroatoms. The van der Waals surface area contributed by atoms with E-state index in [-0.39, 0.29) is 5.92 Å². The summed E-state index contributed by atoms with van der Waals surface area (Å²) >= 11 is 0. The predicted octanol–water partition coefficient (Wildman–Crippen LogP) is 3.85. The minimum atomic E-state index is -0.0267. The Balaban J connectivity index is 2.10. The van der Waals surface area contributed by atoms with E-state index < -0.39 is 0 Å². The van der Waals surface area contributed by atoms with Gasteiger partial charge in [0.05, 0.1) is 12.5 Å². The Morgan fingerprint density at radius 2 is 1.53 bits per heavy atom. The molecular formula is C15H11O2. The summed E-state index contributed by atoms with van der Waals surface area (Å²) in [5, 5.41) is 0. The number of hydrogen-bond donors (Lipinski definition) is 0. The summed E-state index contributed by atoms with van der Waals surface area (Å²) in [4.78, 5) is 0. The van der Waals surface area contributed by atoms with Gasteiger partial charge in [-0.3, -0.25) is 0 Å². The minimum absolute atomic E-state index is 0.0267. The first-order valence-electron chi connectivity index (χ1n) is 5.48. The van der Waals surface area contributed by atoms with Crippen LogP contribution in [-0.2, 0) is 0 Å². The van der Waals surface area contributed by atoms with E-state index in [2.05, 4.69) is 6.07 Å². The molecule has 0 bridgehead atoms. The lowest BCUT2D eigenvalue weighted by molar-refractivity contribution is 0.449. The molecule has 0 aliphatic carbocycles. The average molecular weight is 223 g/mol. The van der Waals surface area contributed by atoms with Crippen LogP contribution < -0.4 is 0 Å². The zero-order chi connectivity index (χ0) is 11.5. The maximum atomic E-state index is 5.49. The predicted molar refractivity (Wildman–Crippen MR) is 63.6 cm³/mol.